The molecule has 0 aliphatic heterocycles. The second-order valence-electron chi connectivity index (χ2n) is 9.69. The summed E-state index contributed by atoms with van der Waals surface area (Å²) in [5, 5.41) is 0. The highest BCUT2D eigenvalue weighted by molar-refractivity contribution is 5.87. The normalized spacial score (nSPS) is 34.6. The van der Waals surface area contributed by atoms with Gasteiger partial charge in [0, 0.05) is 11.8 Å². The summed E-state index contributed by atoms with van der Waals surface area (Å²) in [7, 11) is 1.72. The van der Waals surface area contributed by atoms with E-state index >= 15 is 0 Å². The van der Waals surface area contributed by atoms with Gasteiger partial charge in [0.1, 0.15) is 11.5 Å². The Kier molecular flexibility index (Phi) is 5.25. The van der Waals surface area contributed by atoms with E-state index in [4.69, 9.17) is 4.74 Å². The molecule has 1 aromatic carbocycles. The van der Waals surface area contributed by atoms with Gasteiger partial charge < -0.3 is 4.74 Å². The Hall–Kier alpha value is -1.31. The number of Topliss-reactive ketones (excluding diaryl/α,β-unsaturated/α-hetero) is 1. The molecule has 1 aromatic rings. The molecule has 0 aromatic heterocycles. The van der Waals surface area contributed by atoms with Crippen molar-refractivity contribution in [3.8, 4) is 5.75 Å². The summed E-state index contributed by atoms with van der Waals surface area (Å²) in [5.41, 5.74) is 1.53. The lowest BCUT2D eigenvalue weighted by atomic mass is 9.50. The molecule has 0 saturated heterocycles. The van der Waals surface area contributed by atoms with Crippen LogP contribution >= 0.6 is 0 Å². The highest BCUT2D eigenvalue weighted by Crippen LogP contribution is 2.62. The minimum absolute atomic E-state index is 0.136. The highest BCUT2D eigenvalue weighted by atomic mass is 16.5. The van der Waals surface area contributed by atoms with Gasteiger partial charge in [-0.05, 0) is 66.0 Å². The van der Waals surface area contributed by atoms with E-state index in [0.717, 1.165) is 25.0 Å². The minimum Gasteiger partial charge on any atom is -0.497 e. The van der Waals surface area contributed by atoms with Crippen molar-refractivity contribution in [1.82, 2.24) is 0 Å². The van der Waals surface area contributed by atoms with Gasteiger partial charge in [-0.25, -0.2) is 0 Å². The largest absolute Gasteiger partial charge is 0.497 e. The molecular formula is C24H36O2. The molecule has 5 unspecified atom stereocenters. The molecule has 2 aliphatic rings. The van der Waals surface area contributed by atoms with Crippen LogP contribution < -0.4 is 4.74 Å². The number of hydrogen-bond acceptors (Lipinski definition) is 2. The van der Waals surface area contributed by atoms with Gasteiger partial charge >= 0.3 is 0 Å². The molecule has 2 nitrogen and oxygen atoms in total. The van der Waals surface area contributed by atoms with Gasteiger partial charge in [-0.15, -0.1) is 0 Å². The summed E-state index contributed by atoms with van der Waals surface area (Å²) in [5.74, 6) is 3.59. The Morgan fingerprint density at radius 2 is 1.88 bits per heavy atom. The number of ether oxygens (including phenoxy) is 1. The standard InChI is InChI=1S/C24H36O2/c1-7-14-23(3,4)22-16(2)20-12-13-21(25)24(20,5)15-19(22)17-8-10-18(26-6)11-9-17/h8-11,16,19-20,22H,7,12-15H2,1-6H3. The molecule has 0 amide bonds. The fraction of sp³-hybridized carbons (Fsp3) is 0.708. The third-order valence-corrected chi connectivity index (χ3v) is 7.76. The molecule has 5 atom stereocenters. The van der Waals surface area contributed by atoms with Gasteiger partial charge in [-0.1, -0.05) is 53.2 Å². The number of methoxy groups -OCH3 is 1. The van der Waals surface area contributed by atoms with E-state index in [1.165, 1.54) is 18.4 Å². The topological polar surface area (TPSA) is 26.3 Å². The number of ketones is 1. The zero-order valence-electron chi connectivity index (χ0n) is 17.5. The van der Waals surface area contributed by atoms with E-state index in [1.807, 2.05) is 0 Å². The molecule has 0 bridgehead atoms. The van der Waals surface area contributed by atoms with Gasteiger partial charge in [0.2, 0.25) is 0 Å². The predicted molar refractivity (Wildman–Crippen MR) is 108 cm³/mol. The van der Waals surface area contributed by atoms with Crippen LogP contribution in [0.4, 0.5) is 0 Å². The van der Waals surface area contributed by atoms with Crippen LogP contribution in [0, 0.1) is 28.6 Å². The Balaban J connectivity index is 2.04. The van der Waals surface area contributed by atoms with Gasteiger partial charge in [0.15, 0.2) is 0 Å². The smallest absolute Gasteiger partial charge is 0.139 e. The van der Waals surface area contributed by atoms with E-state index in [9.17, 15) is 4.79 Å². The molecule has 0 N–H and O–H groups in total. The summed E-state index contributed by atoms with van der Waals surface area (Å²) in [6.07, 6.45) is 5.33. The molecule has 2 saturated carbocycles. The average Bonchev–Trinajstić information content (AvgIpc) is 2.90. The van der Waals surface area contributed by atoms with Crippen LogP contribution in [0.3, 0.4) is 0 Å². The van der Waals surface area contributed by atoms with Crippen molar-refractivity contribution in [3.63, 3.8) is 0 Å². The van der Waals surface area contributed by atoms with Crippen molar-refractivity contribution in [2.45, 2.75) is 72.6 Å². The van der Waals surface area contributed by atoms with Crippen molar-refractivity contribution in [2.24, 2.45) is 28.6 Å². The first-order valence-corrected chi connectivity index (χ1v) is 10.4. The van der Waals surface area contributed by atoms with Gasteiger partial charge in [-0.3, -0.25) is 4.79 Å². The molecule has 0 radical (unpaired) electrons. The lowest BCUT2D eigenvalue weighted by molar-refractivity contribution is -0.132. The molecule has 3 rings (SSSR count). The van der Waals surface area contributed by atoms with Crippen LogP contribution in [0.2, 0.25) is 0 Å². The fourth-order valence-corrected chi connectivity index (χ4v) is 6.65. The first-order valence-electron chi connectivity index (χ1n) is 10.4. The number of fused-ring (bicyclic) bond motifs is 1. The quantitative estimate of drug-likeness (QED) is 0.623. The Morgan fingerprint density at radius 1 is 1.23 bits per heavy atom. The van der Waals surface area contributed by atoms with Gasteiger partial charge in [0.05, 0.1) is 7.11 Å². The predicted octanol–water partition coefficient (Wildman–Crippen LogP) is 6.25. The molecule has 0 spiro atoms. The summed E-state index contributed by atoms with van der Waals surface area (Å²) >= 11 is 0. The molecule has 2 aliphatic carbocycles. The summed E-state index contributed by atoms with van der Waals surface area (Å²) < 4.78 is 5.36. The maximum Gasteiger partial charge on any atom is 0.139 e. The lowest BCUT2D eigenvalue weighted by Gasteiger charge is -2.54. The maximum atomic E-state index is 12.8. The van der Waals surface area contributed by atoms with Crippen LogP contribution in [0.25, 0.3) is 0 Å². The molecule has 144 valence electrons. The summed E-state index contributed by atoms with van der Waals surface area (Å²) in [6.45, 7) is 11.9. The summed E-state index contributed by atoms with van der Waals surface area (Å²) in [6, 6.07) is 8.62. The summed E-state index contributed by atoms with van der Waals surface area (Å²) in [4.78, 5) is 12.8. The Bertz CT molecular complexity index is 645. The highest BCUT2D eigenvalue weighted by Gasteiger charge is 2.57. The monoisotopic (exact) mass is 356 g/mol. The van der Waals surface area contributed by atoms with Crippen LogP contribution in [-0.2, 0) is 4.79 Å². The first-order chi connectivity index (χ1) is 12.2. The third kappa shape index (κ3) is 3.10. The van der Waals surface area contributed by atoms with Crippen LogP contribution in [0.5, 0.6) is 5.75 Å². The van der Waals surface area contributed by atoms with Crippen molar-refractivity contribution < 1.29 is 9.53 Å². The second kappa shape index (κ2) is 7.02. The molecule has 0 heterocycles. The number of benzene rings is 1. The first kappa shape index (κ1) is 19.5. The Morgan fingerprint density at radius 3 is 2.46 bits per heavy atom. The van der Waals surface area contributed by atoms with E-state index in [1.54, 1.807) is 7.11 Å². The zero-order chi connectivity index (χ0) is 19.1. The minimum atomic E-state index is -0.136. The van der Waals surface area contributed by atoms with E-state index in [0.29, 0.717) is 29.5 Å². The zero-order valence-corrected chi connectivity index (χ0v) is 17.5. The van der Waals surface area contributed by atoms with Crippen molar-refractivity contribution >= 4 is 5.78 Å². The van der Waals surface area contributed by atoms with E-state index in [2.05, 4.69) is 58.9 Å². The van der Waals surface area contributed by atoms with Crippen LogP contribution in [0.15, 0.2) is 24.3 Å². The maximum absolute atomic E-state index is 12.8. The van der Waals surface area contributed by atoms with E-state index in [-0.39, 0.29) is 10.8 Å². The number of rotatable bonds is 5. The third-order valence-electron chi connectivity index (χ3n) is 7.76. The van der Waals surface area contributed by atoms with Crippen molar-refractivity contribution in [1.29, 1.82) is 0 Å². The number of carbonyl (C=O) groups excluding carboxylic acids is 1. The fourth-order valence-electron chi connectivity index (χ4n) is 6.65. The van der Waals surface area contributed by atoms with Crippen molar-refractivity contribution in [3.05, 3.63) is 29.8 Å². The van der Waals surface area contributed by atoms with Crippen LogP contribution in [0.1, 0.15) is 78.2 Å². The van der Waals surface area contributed by atoms with Gasteiger partial charge in [0.25, 0.3) is 0 Å². The molecule has 2 heteroatoms. The lowest BCUT2D eigenvalue weighted by Crippen LogP contribution is -2.48. The SMILES string of the molecule is CCCC(C)(C)C1C(c2ccc(OC)cc2)CC2(C)C(=O)CCC2C1C. The van der Waals surface area contributed by atoms with E-state index < -0.39 is 0 Å². The van der Waals surface area contributed by atoms with Crippen molar-refractivity contribution in [2.75, 3.05) is 7.11 Å². The number of carbonyl (C=O) groups is 1. The molecule has 2 fully saturated rings. The number of hydrogen-bond donors (Lipinski definition) is 0. The average molecular weight is 357 g/mol. The second-order valence-corrected chi connectivity index (χ2v) is 9.69. The van der Waals surface area contributed by atoms with Crippen LogP contribution in [-0.4, -0.2) is 12.9 Å². The Labute approximate surface area is 159 Å². The molecule has 26 heavy (non-hydrogen) atoms. The van der Waals surface area contributed by atoms with Gasteiger partial charge in [-0.2, -0.15) is 0 Å². The molecular weight excluding hydrogens is 320 g/mol.